The third kappa shape index (κ3) is 5.12. The normalized spacial score (nSPS) is 14.9. The first-order valence-electron chi connectivity index (χ1n) is 10.3. The summed E-state index contributed by atoms with van der Waals surface area (Å²) in [6.45, 7) is 5.40. The van der Waals surface area contributed by atoms with Crippen LogP contribution in [0.25, 0.3) is 10.9 Å². The zero-order valence-corrected chi connectivity index (χ0v) is 18.1. The van der Waals surface area contributed by atoms with Crippen LogP contribution in [0.3, 0.4) is 0 Å². The summed E-state index contributed by atoms with van der Waals surface area (Å²) in [5, 5.41) is 8.59. The van der Waals surface area contributed by atoms with E-state index in [2.05, 4.69) is 15.8 Å². The van der Waals surface area contributed by atoms with Crippen LogP contribution < -0.4 is 16.7 Å². The van der Waals surface area contributed by atoms with Gasteiger partial charge in [-0.2, -0.15) is 10.7 Å². The van der Waals surface area contributed by atoms with E-state index in [1.165, 1.54) is 5.12 Å². The third-order valence-electron chi connectivity index (χ3n) is 5.29. The Hall–Kier alpha value is -2.75. The van der Waals surface area contributed by atoms with Crippen LogP contribution in [0.1, 0.15) is 17.3 Å². The molecule has 4 rings (SSSR count). The SMILES string of the molecule is CCN(N)NN1CCN(C(=O)c2ccc(Nc3ccnc4cc(Cl)ccc34)cc2)CC1. The number of nitrogens with two attached hydrogens (primary N) is 1. The Morgan fingerprint density at radius 2 is 1.87 bits per heavy atom. The van der Waals surface area contributed by atoms with Crippen molar-refractivity contribution >= 4 is 39.8 Å². The standard InChI is InChI=1S/C22H26ClN7O/c1-2-30(24)27-29-13-11-28(12-14-29)22(31)16-3-6-18(7-4-16)26-20-9-10-25-21-15-17(23)5-8-19(20)21/h3-10,15,27H,2,11-14,24H2,1H3,(H,25,26). The maximum Gasteiger partial charge on any atom is 0.253 e. The lowest BCUT2D eigenvalue weighted by atomic mass is 10.1. The van der Waals surface area contributed by atoms with Gasteiger partial charge in [0.1, 0.15) is 0 Å². The molecule has 0 aliphatic carbocycles. The van der Waals surface area contributed by atoms with Crippen LogP contribution in [0.15, 0.2) is 54.7 Å². The van der Waals surface area contributed by atoms with Gasteiger partial charge in [0, 0.05) is 66.3 Å². The highest BCUT2D eigenvalue weighted by molar-refractivity contribution is 6.31. The highest BCUT2D eigenvalue weighted by atomic mass is 35.5. The minimum Gasteiger partial charge on any atom is -0.355 e. The predicted octanol–water partition coefficient (Wildman–Crippen LogP) is 3.00. The van der Waals surface area contributed by atoms with Crippen LogP contribution >= 0.6 is 11.6 Å². The molecule has 162 valence electrons. The Bertz CT molecular complexity index is 1050. The lowest BCUT2D eigenvalue weighted by Crippen LogP contribution is -2.59. The number of amides is 1. The van der Waals surface area contributed by atoms with E-state index in [0.717, 1.165) is 35.4 Å². The smallest absolute Gasteiger partial charge is 0.253 e. The lowest BCUT2D eigenvalue weighted by molar-refractivity contribution is -0.00542. The van der Waals surface area contributed by atoms with E-state index in [4.69, 9.17) is 17.4 Å². The molecule has 1 amide bonds. The summed E-state index contributed by atoms with van der Waals surface area (Å²) in [7, 11) is 0. The third-order valence-corrected chi connectivity index (χ3v) is 5.53. The number of nitrogens with one attached hydrogen (secondary N) is 2. The highest BCUT2D eigenvalue weighted by Gasteiger charge is 2.22. The monoisotopic (exact) mass is 439 g/mol. The number of carbonyl (C=O) groups is 1. The fourth-order valence-corrected chi connectivity index (χ4v) is 3.69. The fraction of sp³-hybridized carbons (Fsp3) is 0.273. The van der Waals surface area contributed by atoms with E-state index < -0.39 is 0 Å². The van der Waals surface area contributed by atoms with Crippen molar-refractivity contribution < 1.29 is 4.79 Å². The van der Waals surface area contributed by atoms with Crippen LogP contribution in [0.2, 0.25) is 5.02 Å². The van der Waals surface area contributed by atoms with E-state index in [0.29, 0.717) is 30.2 Å². The van der Waals surface area contributed by atoms with Crippen molar-refractivity contribution in [1.29, 1.82) is 0 Å². The zero-order chi connectivity index (χ0) is 21.8. The van der Waals surface area contributed by atoms with Gasteiger partial charge in [0.05, 0.1) is 5.52 Å². The number of piperazine rings is 1. The van der Waals surface area contributed by atoms with Gasteiger partial charge < -0.3 is 10.2 Å². The Morgan fingerprint density at radius 3 is 2.58 bits per heavy atom. The number of pyridine rings is 1. The second-order valence-corrected chi connectivity index (χ2v) is 7.82. The van der Waals surface area contributed by atoms with Gasteiger partial charge in [-0.3, -0.25) is 15.6 Å². The maximum absolute atomic E-state index is 12.9. The molecule has 4 N–H and O–H groups in total. The molecule has 1 aliphatic rings. The number of rotatable bonds is 6. The van der Waals surface area contributed by atoms with Crippen molar-refractivity contribution in [2.45, 2.75) is 6.92 Å². The minimum absolute atomic E-state index is 0.0373. The Morgan fingerprint density at radius 1 is 1.13 bits per heavy atom. The maximum atomic E-state index is 12.9. The van der Waals surface area contributed by atoms with Crippen LogP contribution in [0, 0.1) is 0 Å². The van der Waals surface area contributed by atoms with Gasteiger partial charge in [-0.1, -0.05) is 11.6 Å². The Labute approximate surface area is 186 Å². The summed E-state index contributed by atoms with van der Waals surface area (Å²) in [5.74, 6) is 5.82. The average molecular weight is 440 g/mol. The van der Waals surface area contributed by atoms with Gasteiger partial charge in [-0.25, -0.2) is 5.01 Å². The second-order valence-electron chi connectivity index (χ2n) is 7.39. The van der Waals surface area contributed by atoms with Gasteiger partial charge >= 0.3 is 0 Å². The van der Waals surface area contributed by atoms with Gasteiger partial charge in [0.25, 0.3) is 5.91 Å². The molecule has 31 heavy (non-hydrogen) atoms. The van der Waals surface area contributed by atoms with Crippen molar-refractivity contribution in [3.8, 4) is 0 Å². The largest absolute Gasteiger partial charge is 0.355 e. The lowest BCUT2D eigenvalue weighted by Gasteiger charge is -2.36. The molecule has 1 fully saturated rings. The van der Waals surface area contributed by atoms with Crippen molar-refractivity contribution in [1.82, 2.24) is 25.5 Å². The first kappa shape index (κ1) is 21.5. The Balaban J connectivity index is 1.39. The number of aromatic nitrogens is 1. The molecule has 0 unspecified atom stereocenters. The summed E-state index contributed by atoms with van der Waals surface area (Å²) in [5.41, 5.74) is 6.44. The van der Waals surface area contributed by atoms with E-state index in [-0.39, 0.29) is 5.91 Å². The molecule has 0 atom stereocenters. The fourth-order valence-electron chi connectivity index (χ4n) is 3.53. The molecule has 3 aromatic rings. The average Bonchev–Trinajstić information content (AvgIpc) is 2.79. The highest BCUT2D eigenvalue weighted by Crippen LogP contribution is 2.27. The summed E-state index contributed by atoms with van der Waals surface area (Å²) < 4.78 is 0. The van der Waals surface area contributed by atoms with Gasteiger partial charge in [-0.05, 0) is 55.5 Å². The van der Waals surface area contributed by atoms with Crippen LogP contribution in [-0.4, -0.2) is 58.6 Å². The molecule has 2 aromatic carbocycles. The first-order valence-corrected chi connectivity index (χ1v) is 10.7. The van der Waals surface area contributed by atoms with E-state index in [9.17, 15) is 4.79 Å². The zero-order valence-electron chi connectivity index (χ0n) is 17.4. The number of fused-ring (bicyclic) bond motifs is 1. The number of hydrogen-bond acceptors (Lipinski definition) is 7. The summed E-state index contributed by atoms with van der Waals surface area (Å²) in [6.07, 6.45) is 1.75. The molecule has 0 radical (unpaired) electrons. The van der Waals surface area contributed by atoms with Crippen molar-refractivity contribution in [2.75, 3.05) is 38.0 Å². The molecule has 9 heteroatoms. The summed E-state index contributed by atoms with van der Waals surface area (Å²) in [6, 6.07) is 15.1. The molecule has 0 bridgehead atoms. The Kier molecular flexibility index (Phi) is 6.64. The number of carbonyl (C=O) groups excluding carboxylic acids is 1. The molecule has 0 saturated carbocycles. The molecule has 1 aliphatic heterocycles. The number of nitrogens with zero attached hydrogens (tertiary/aromatic N) is 4. The van der Waals surface area contributed by atoms with Crippen molar-refractivity contribution in [3.05, 3.63) is 65.3 Å². The van der Waals surface area contributed by atoms with Gasteiger partial charge in [0.2, 0.25) is 0 Å². The molecule has 2 heterocycles. The van der Waals surface area contributed by atoms with Crippen LogP contribution in [0.4, 0.5) is 11.4 Å². The van der Waals surface area contributed by atoms with E-state index in [1.807, 2.05) is 65.4 Å². The van der Waals surface area contributed by atoms with Crippen molar-refractivity contribution in [2.24, 2.45) is 5.84 Å². The van der Waals surface area contributed by atoms with Crippen LogP contribution in [0.5, 0.6) is 0 Å². The molecule has 0 spiro atoms. The molecule has 8 nitrogen and oxygen atoms in total. The molecule has 1 aromatic heterocycles. The number of hydrazine groups is 3. The number of hydrogen-bond donors (Lipinski definition) is 3. The number of benzene rings is 2. The number of anilines is 2. The molecular formula is C22H26ClN7O. The van der Waals surface area contributed by atoms with Crippen molar-refractivity contribution in [3.63, 3.8) is 0 Å². The summed E-state index contributed by atoms with van der Waals surface area (Å²) >= 11 is 6.07. The number of halogens is 1. The first-order chi connectivity index (χ1) is 15.0. The predicted molar refractivity (Wildman–Crippen MR) is 124 cm³/mol. The van der Waals surface area contributed by atoms with E-state index >= 15 is 0 Å². The molecule has 1 saturated heterocycles. The topological polar surface area (TPSA) is 89.8 Å². The minimum atomic E-state index is 0.0373. The van der Waals surface area contributed by atoms with Crippen LogP contribution in [-0.2, 0) is 0 Å². The van der Waals surface area contributed by atoms with E-state index in [1.54, 1.807) is 6.20 Å². The quantitative estimate of drug-likeness (QED) is 0.402. The molecular weight excluding hydrogens is 414 g/mol. The second kappa shape index (κ2) is 9.59. The summed E-state index contributed by atoms with van der Waals surface area (Å²) in [4.78, 5) is 19.1. The van der Waals surface area contributed by atoms with Gasteiger partial charge in [-0.15, -0.1) is 0 Å². The van der Waals surface area contributed by atoms with Gasteiger partial charge in [0.15, 0.2) is 0 Å².